The fourth-order valence-electron chi connectivity index (χ4n) is 7.53. The molecule has 0 radical (unpaired) electrons. The van der Waals surface area contributed by atoms with Crippen LogP contribution < -0.4 is 70.7 Å². The Bertz CT molecular complexity index is 2870. The second-order valence-corrected chi connectivity index (χ2v) is 19.7. The summed E-state index contributed by atoms with van der Waals surface area (Å²) < 4.78 is 5.25. The molecule has 0 saturated carbocycles. The van der Waals surface area contributed by atoms with Gasteiger partial charge in [0.1, 0.15) is 41.1 Å². The number of aromatic hydroxyl groups is 1. The molecule has 26 nitrogen and oxygen atoms in total. The minimum absolute atomic E-state index is 0.0184. The zero-order chi connectivity index (χ0) is 58.0. The SMILES string of the molecule is CSCC[C@H](NC(=O)CNC(=O)[C@H](CCCN=C(N)N)NC(=O)[C@H](CC(C)C)NC(=O)[C@H](CCCN=C(N)N)NC(=O)c1cc2ccc(O)cc2oc1=O)C(=O)NCCNC(=O)c1ccc(N=Nc2ccc(N(C)C)cc2)cc1. The summed E-state index contributed by atoms with van der Waals surface area (Å²) in [4.78, 5) is 118. The number of aliphatic imine (C=N–C) groups is 2. The Hall–Kier alpha value is -8.75. The number of benzene rings is 3. The average molecular weight is 1110 g/mol. The molecule has 3 aromatic carbocycles. The highest BCUT2D eigenvalue weighted by Gasteiger charge is 2.31. The van der Waals surface area contributed by atoms with Gasteiger partial charge in [-0.3, -0.25) is 43.5 Å². The van der Waals surface area contributed by atoms with E-state index >= 15 is 0 Å². The molecule has 4 rings (SSSR count). The monoisotopic (exact) mass is 1110 g/mol. The highest BCUT2D eigenvalue weighted by Crippen LogP contribution is 2.22. The van der Waals surface area contributed by atoms with E-state index in [9.17, 15) is 43.5 Å². The van der Waals surface area contributed by atoms with Crippen LogP contribution in [0.1, 0.15) is 73.1 Å². The van der Waals surface area contributed by atoms with Gasteiger partial charge >= 0.3 is 5.63 Å². The number of carbonyl (C=O) groups is 7. The summed E-state index contributed by atoms with van der Waals surface area (Å²) in [7, 11) is 3.89. The minimum Gasteiger partial charge on any atom is -0.508 e. The van der Waals surface area contributed by atoms with Gasteiger partial charge in [0, 0.05) is 63.0 Å². The van der Waals surface area contributed by atoms with Crippen LogP contribution in [0.4, 0.5) is 17.1 Å². The number of phenols is 1. The number of fused-ring (bicyclic) bond motifs is 1. The number of nitrogens with two attached hydrogens (primary N) is 4. The molecule has 27 heteroatoms. The first-order valence-corrected chi connectivity index (χ1v) is 26.7. The van der Waals surface area contributed by atoms with Crippen LogP contribution in [0, 0.1) is 5.92 Å². The molecule has 7 amide bonds. The molecule has 79 heavy (non-hydrogen) atoms. The summed E-state index contributed by atoms with van der Waals surface area (Å²) in [6, 6.07) is 14.4. The van der Waals surface area contributed by atoms with Gasteiger partial charge in [0.15, 0.2) is 11.9 Å². The fourth-order valence-corrected chi connectivity index (χ4v) is 8.00. The van der Waals surface area contributed by atoms with Crippen LogP contribution in [0.25, 0.3) is 11.0 Å². The maximum absolute atomic E-state index is 14.1. The number of anilines is 1. The van der Waals surface area contributed by atoms with Crippen molar-refractivity contribution in [1.82, 2.24) is 37.2 Å². The summed E-state index contributed by atoms with van der Waals surface area (Å²) in [6.45, 7) is 3.27. The Morgan fingerprint density at radius 1 is 0.646 bits per heavy atom. The first-order valence-electron chi connectivity index (χ1n) is 25.3. The lowest BCUT2D eigenvalue weighted by atomic mass is 10.0. The van der Waals surface area contributed by atoms with Crippen molar-refractivity contribution >= 4 is 93.1 Å². The van der Waals surface area contributed by atoms with E-state index in [1.54, 1.807) is 38.1 Å². The van der Waals surface area contributed by atoms with Crippen molar-refractivity contribution in [3.8, 4) is 5.75 Å². The van der Waals surface area contributed by atoms with E-state index in [1.807, 2.05) is 49.5 Å². The van der Waals surface area contributed by atoms with Crippen LogP contribution in [0.3, 0.4) is 0 Å². The minimum atomic E-state index is -1.34. The number of hydrogen-bond acceptors (Lipinski definition) is 16. The zero-order valence-corrected chi connectivity index (χ0v) is 45.7. The van der Waals surface area contributed by atoms with Crippen LogP contribution >= 0.6 is 11.8 Å². The molecule has 1 heterocycles. The standard InChI is InChI=1S/C52H72N16O10S/c1-30(2)26-41(65-48(75)39(9-7-22-60-52(55)56)63-45(72)37-27-32-12-19-36(69)28-42(32)78-50(37)77)49(76)64-38(8-6-21-59-51(53)54)47(74)61-29-43(70)62-40(20-25-79-5)46(73)58-24-23-57-44(71)31-10-13-33(14-11-31)66-67-34-15-17-35(18-16-34)68(3)4/h10-19,27-28,30,38-41,69H,6-9,20-26,29H2,1-5H3,(H,57,71)(H,58,73)(H,61,74)(H,62,70)(H,63,72)(H,64,76)(H,65,75)(H4,53,54,59)(H4,55,56,60)/t38-,39-,40-,41-/m0/s1. The molecule has 4 aromatic rings. The molecule has 16 N–H and O–H groups in total. The lowest BCUT2D eigenvalue weighted by Crippen LogP contribution is -2.57. The van der Waals surface area contributed by atoms with Gasteiger partial charge in [-0.1, -0.05) is 13.8 Å². The number of nitrogens with zero attached hydrogens (tertiary/aromatic N) is 5. The normalized spacial score (nSPS) is 12.5. The number of amides is 7. The molecule has 0 bridgehead atoms. The first-order chi connectivity index (χ1) is 37.6. The van der Waals surface area contributed by atoms with E-state index < -0.39 is 77.3 Å². The highest BCUT2D eigenvalue weighted by atomic mass is 32.2. The van der Waals surface area contributed by atoms with Gasteiger partial charge in [-0.15, -0.1) is 0 Å². The summed E-state index contributed by atoms with van der Waals surface area (Å²) in [5, 5.41) is 37.1. The Morgan fingerprint density at radius 3 is 1.77 bits per heavy atom. The van der Waals surface area contributed by atoms with E-state index in [4.69, 9.17) is 27.4 Å². The molecular formula is C52H72N16O10S. The van der Waals surface area contributed by atoms with Gasteiger partial charge in [0.2, 0.25) is 29.5 Å². The van der Waals surface area contributed by atoms with Crippen molar-refractivity contribution in [1.29, 1.82) is 0 Å². The van der Waals surface area contributed by atoms with Crippen molar-refractivity contribution < 1.29 is 43.1 Å². The van der Waals surface area contributed by atoms with Crippen LogP contribution in [-0.4, -0.2) is 141 Å². The first kappa shape index (κ1) is 62.8. The number of azo groups is 1. The van der Waals surface area contributed by atoms with Crippen LogP contribution in [-0.2, 0) is 24.0 Å². The van der Waals surface area contributed by atoms with E-state index in [0.717, 1.165) is 5.69 Å². The van der Waals surface area contributed by atoms with Crippen molar-refractivity contribution in [2.45, 2.75) is 76.5 Å². The van der Waals surface area contributed by atoms with Crippen LogP contribution in [0.2, 0.25) is 0 Å². The molecule has 0 aliphatic rings. The predicted octanol–water partition coefficient (Wildman–Crippen LogP) is 1.10. The number of nitrogens with one attached hydrogen (secondary N) is 7. The molecule has 0 aliphatic carbocycles. The van der Waals surface area contributed by atoms with E-state index in [0.29, 0.717) is 28.1 Å². The molecule has 0 saturated heterocycles. The largest absolute Gasteiger partial charge is 0.508 e. The van der Waals surface area contributed by atoms with Crippen LogP contribution in [0.5, 0.6) is 5.75 Å². The van der Waals surface area contributed by atoms with E-state index in [1.165, 1.54) is 36.0 Å². The predicted molar refractivity (Wildman–Crippen MR) is 303 cm³/mol. The number of hydrogen-bond donors (Lipinski definition) is 12. The molecular weight excluding hydrogens is 1040 g/mol. The van der Waals surface area contributed by atoms with Crippen molar-refractivity contribution in [2.24, 2.45) is 49.1 Å². The molecule has 0 fully saturated rings. The van der Waals surface area contributed by atoms with Gasteiger partial charge in [-0.25, -0.2) is 4.79 Å². The number of carbonyl (C=O) groups excluding carboxylic acids is 7. The summed E-state index contributed by atoms with van der Waals surface area (Å²) in [5.41, 5.74) is 23.1. The van der Waals surface area contributed by atoms with Gasteiger partial charge in [0.25, 0.3) is 11.8 Å². The third-order valence-electron chi connectivity index (χ3n) is 11.6. The maximum Gasteiger partial charge on any atom is 0.349 e. The second-order valence-electron chi connectivity index (χ2n) is 18.7. The third-order valence-corrected chi connectivity index (χ3v) is 12.3. The van der Waals surface area contributed by atoms with Gasteiger partial charge in [-0.2, -0.15) is 22.0 Å². The fraction of sp³-hybridized carbons (Fsp3) is 0.423. The lowest BCUT2D eigenvalue weighted by molar-refractivity contribution is -0.133. The van der Waals surface area contributed by atoms with Crippen molar-refractivity contribution in [2.75, 3.05) is 63.7 Å². The quantitative estimate of drug-likeness (QED) is 0.0110. The number of guanidine groups is 2. The Morgan fingerprint density at radius 2 is 1.19 bits per heavy atom. The molecule has 4 atom stereocenters. The lowest BCUT2D eigenvalue weighted by Gasteiger charge is -2.26. The van der Waals surface area contributed by atoms with Gasteiger partial charge < -0.3 is 74.6 Å². The molecule has 0 spiro atoms. The van der Waals surface area contributed by atoms with Gasteiger partial charge in [0.05, 0.1) is 17.9 Å². The molecule has 0 unspecified atom stereocenters. The number of rotatable bonds is 31. The number of phenolic OH excluding ortho intramolecular Hbond substituents is 1. The topological polar surface area (TPSA) is 411 Å². The zero-order valence-electron chi connectivity index (χ0n) is 44.9. The van der Waals surface area contributed by atoms with E-state index in [-0.39, 0.29) is 99.8 Å². The second kappa shape index (κ2) is 32.1. The molecule has 426 valence electrons. The highest BCUT2D eigenvalue weighted by molar-refractivity contribution is 7.98. The Labute approximate surface area is 461 Å². The smallest absolute Gasteiger partial charge is 0.349 e. The van der Waals surface area contributed by atoms with Crippen molar-refractivity contribution in [3.05, 3.63) is 94.3 Å². The summed E-state index contributed by atoms with van der Waals surface area (Å²) in [5.74, 6) is -5.19. The van der Waals surface area contributed by atoms with Crippen LogP contribution in [0.15, 0.2) is 102 Å². The average Bonchev–Trinajstić information content (AvgIpc) is 3.45. The Kier molecular flexibility index (Phi) is 25.5. The molecule has 1 aromatic heterocycles. The van der Waals surface area contributed by atoms with Gasteiger partial charge in [-0.05, 0) is 123 Å². The third kappa shape index (κ3) is 22.0. The number of thioether (sulfide) groups is 1. The van der Waals surface area contributed by atoms with E-state index in [2.05, 4.69) is 57.4 Å². The Balaban J connectivity index is 1.37. The summed E-state index contributed by atoms with van der Waals surface area (Å²) in [6.07, 6.45) is 2.45. The van der Waals surface area contributed by atoms with Crippen molar-refractivity contribution in [3.63, 3.8) is 0 Å². The summed E-state index contributed by atoms with van der Waals surface area (Å²) >= 11 is 1.45. The molecule has 0 aliphatic heterocycles. The maximum atomic E-state index is 14.1.